The van der Waals surface area contributed by atoms with E-state index in [-0.39, 0.29) is 5.91 Å². The average molecular weight is 412 g/mol. The zero-order valence-corrected chi connectivity index (χ0v) is 16.2. The smallest absolute Gasteiger partial charge is 0.409 e. The predicted molar refractivity (Wildman–Crippen MR) is 117 cm³/mol. The van der Waals surface area contributed by atoms with Crippen LogP contribution in [-0.2, 0) is 11.2 Å². The second-order valence-corrected chi connectivity index (χ2v) is 7.57. The van der Waals surface area contributed by atoms with Gasteiger partial charge in [0.1, 0.15) is 11.4 Å². The van der Waals surface area contributed by atoms with Crippen LogP contribution in [0.3, 0.4) is 0 Å². The molecular weight excluding hydrogens is 396 g/mol. The van der Waals surface area contributed by atoms with Crippen molar-refractivity contribution in [1.82, 2.24) is 4.98 Å². The van der Waals surface area contributed by atoms with Crippen molar-refractivity contribution >= 4 is 57.1 Å². The fraction of sp³-hybridized carbons (Fsp3) is 0.0870. The number of nitrogens with one attached hydrogen (secondary N) is 3. The molecule has 2 aliphatic heterocycles. The molecule has 3 amide bonds. The van der Waals surface area contributed by atoms with Crippen molar-refractivity contribution < 1.29 is 19.1 Å². The SMILES string of the molecule is O=CNc1ccc2[nH]c(C(=O)N3CCc4c3cc3c5c(cccc45)NC(=O)O3)cc2c1. The summed E-state index contributed by atoms with van der Waals surface area (Å²) < 4.78 is 5.42. The molecule has 1 aromatic heterocycles. The number of carbonyl (C=O) groups excluding carboxylic acids is 3. The van der Waals surface area contributed by atoms with Crippen LogP contribution in [0.2, 0.25) is 0 Å². The van der Waals surface area contributed by atoms with Crippen LogP contribution in [0.4, 0.5) is 21.9 Å². The van der Waals surface area contributed by atoms with E-state index in [4.69, 9.17) is 4.74 Å². The van der Waals surface area contributed by atoms with E-state index in [0.29, 0.717) is 42.2 Å². The lowest BCUT2D eigenvalue weighted by Gasteiger charge is -2.22. The summed E-state index contributed by atoms with van der Waals surface area (Å²) in [6.45, 7) is 0.533. The minimum atomic E-state index is -0.536. The largest absolute Gasteiger partial charge is 0.417 e. The molecule has 31 heavy (non-hydrogen) atoms. The van der Waals surface area contributed by atoms with Crippen LogP contribution < -0.4 is 20.3 Å². The molecule has 6 rings (SSSR count). The van der Waals surface area contributed by atoms with E-state index in [1.54, 1.807) is 29.2 Å². The number of nitrogens with zero attached hydrogens (tertiary/aromatic N) is 1. The molecule has 8 nitrogen and oxygen atoms in total. The van der Waals surface area contributed by atoms with E-state index in [0.717, 1.165) is 32.9 Å². The molecule has 3 N–H and O–H groups in total. The van der Waals surface area contributed by atoms with Crippen LogP contribution in [0.1, 0.15) is 16.1 Å². The molecule has 0 bridgehead atoms. The Bertz CT molecular complexity index is 1440. The molecule has 152 valence electrons. The fourth-order valence-electron chi connectivity index (χ4n) is 4.52. The van der Waals surface area contributed by atoms with Crippen LogP contribution >= 0.6 is 0 Å². The highest BCUT2D eigenvalue weighted by atomic mass is 16.6. The zero-order chi connectivity index (χ0) is 21.1. The highest BCUT2D eigenvalue weighted by Gasteiger charge is 2.31. The molecule has 2 aliphatic rings. The molecule has 0 radical (unpaired) electrons. The molecule has 0 saturated heterocycles. The number of hydrogen-bond acceptors (Lipinski definition) is 4. The standard InChI is InChI=1S/C23H16N4O4/c28-11-24-13-4-5-16-12(8-13)9-18(25-16)22(29)27-7-6-14-15-2-1-3-17-21(15)20(10-19(14)27)31-23(30)26-17/h1-5,8-11,25H,6-7H2,(H,24,28)(H,26,30). The van der Waals surface area contributed by atoms with Crippen LogP contribution in [-0.4, -0.2) is 29.9 Å². The number of anilines is 3. The van der Waals surface area contributed by atoms with Crippen LogP contribution in [0.15, 0.2) is 48.5 Å². The Balaban J connectivity index is 1.43. The van der Waals surface area contributed by atoms with Crippen LogP contribution in [0.5, 0.6) is 5.75 Å². The summed E-state index contributed by atoms with van der Waals surface area (Å²) in [4.78, 5) is 40.9. The van der Waals surface area contributed by atoms with E-state index in [2.05, 4.69) is 15.6 Å². The van der Waals surface area contributed by atoms with Gasteiger partial charge in [0.05, 0.1) is 11.4 Å². The molecule has 0 aliphatic carbocycles. The summed E-state index contributed by atoms with van der Waals surface area (Å²) in [5.41, 5.74) is 4.43. The monoisotopic (exact) mass is 412 g/mol. The van der Waals surface area contributed by atoms with E-state index in [1.807, 2.05) is 24.3 Å². The van der Waals surface area contributed by atoms with Gasteiger partial charge in [0.15, 0.2) is 0 Å². The molecule has 0 fully saturated rings. The van der Waals surface area contributed by atoms with Crippen LogP contribution in [0, 0.1) is 0 Å². The molecule has 0 saturated carbocycles. The molecule has 0 atom stereocenters. The van der Waals surface area contributed by atoms with Gasteiger partial charge in [0, 0.05) is 34.6 Å². The van der Waals surface area contributed by atoms with Crippen LogP contribution in [0.25, 0.3) is 21.7 Å². The van der Waals surface area contributed by atoms with Crippen molar-refractivity contribution in [3.63, 3.8) is 0 Å². The van der Waals surface area contributed by atoms with Crippen molar-refractivity contribution in [3.05, 3.63) is 59.8 Å². The Morgan fingerprint density at radius 3 is 2.94 bits per heavy atom. The summed E-state index contributed by atoms with van der Waals surface area (Å²) in [6.07, 6.45) is 0.792. The first-order chi connectivity index (χ1) is 15.1. The zero-order valence-electron chi connectivity index (χ0n) is 16.2. The molecule has 0 spiro atoms. The van der Waals surface area contributed by atoms with Crippen molar-refractivity contribution in [2.45, 2.75) is 6.42 Å². The summed E-state index contributed by atoms with van der Waals surface area (Å²) in [7, 11) is 0. The summed E-state index contributed by atoms with van der Waals surface area (Å²) in [6, 6.07) is 14.7. The Morgan fingerprint density at radius 1 is 1.16 bits per heavy atom. The van der Waals surface area contributed by atoms with Gasteiger partial charge in [-0.05, 0) is 47.7 Å². The van der Waals surface area contributed by atoms with Gasteiger partial charge in [0.25, 0.3) is 5.91 Å². The number of H-pyrrole nitrogens is 1. The maximum atomic E-state index is 13.4. The number of aromatic amines is 1. The van der Waals surface area contributed by atoms with Gasteiger partial charge in [-0.1, -0.05) is 12.1 Å². The number of carbonyl (C=O) groups is 3. The minimum Gasteiger partial charge on any atom is -0.409 e. The van der Waals surface area contributed by atoms with Gasteiger partial charge in [-0.15, -0.1) is 0 Å². The van der Waals surface area contributed by atoms with Crippen molar-refractivity contribution in [3.8, 4) is 5.75 Å². The van der Waals surface area contributed by atoms with Gasteiger partial charge in [0.2, 0.25) is 6.41 Å². The van der Waals surface area contributed by atoms with Gasteiger partial charge in [-0.2, -0.15) is 0 Å². The first kappa shape index (κ1) is 17.5. The lowest BCUT2D eigenvalue weighted by molar-refractivity contribution is -0.105. The van der Waals surface area contributed by atoms with E-state index < -0.39 is 6.09 Å². The van der Waals surface area contributed by atoms with Gasteiger partial charge in [-0.25, -0.2) is 4.79 Å². The number of rotatable bonds is 3. The number of hydrogen-bond donors (Lipinski definition) is 3. The Labute approximate surface area is 175 Å². The molecule has 3 heterocycles. The second kappa shape index (κ2) is 6.33. The lowest BCUT2D eigenvalue weighted by Crippen LogP contribution is -2.29. The molecule has 0 unspecified atom stereocenters. The second-order valence-electron chi connectivity index (χ2n) is 7.57. The average Bonchev–Trinajstić information content (AvgIpc) is 3.37. The summed E-state index contributed by atoms with van der Waals surface area (Å²) >= 11 is 0. The Kier molecular flexibility index (Phi) is 3.58. The first-order valence-corrected chi connectivity index (χ1v) is 9.84. The highest BCUT2D eigenvalue weighted by Crippen LogP contribution is 2.45. The molecular formula is C23H16N4O4. The quantitative estimate of drug-likeness (QED) is 0.442. The maximum absolute atomic E-state index is 13.4. The third kappa shape index (κ3) is 2.58. The number of benzene rings is 3. The predicted octanol–water partition coefficient (Wildman–Crippen LogP) is 4.02. The molecule has 3 aromatic carbocycles. The number of ether oxygens (including phenoxy) is 1. The maximum Gasteiger partial charge on any atom is 0.417 e. The van der Waals surface area contributed by atoms with Gasteiger partial charge in [-0.3, -0.25) is 14.9 Å². The lowest BCUT2D eigenvalue weighted by atomic mass is 9.99. The number of aromatic nitrogens is 1. The number of amides is 3. The Hall–Kier alpha value is -4.33. The molecule has 8 heteroatoms. The van der Waals surface area contributed by atoms with Crippen molar-refractivity contribution in [2.24, 2.45) is 0 Å². The first-order valence-electron chi connectivity index (χ1n) is 9.84. The topological polar surface area (TPSA) is 104 Å². The van der Waals surface area contributed by atoms with E-state index in [9.17, 15) is 14.4 Å². The summed E-state index contributed by atoms with van der Waals surface area (Å²) in [5, 5.41) is 8.00. The van der Waals surface area contributed by atoms with E-state index in [1.165, 1.54) is 0 Å². The molecule has 4 aromatic rings. The number of fused-ring (bicyclic) bond motifs is 3. The minimum absolute atomic E-state index is 0.164. The normalized spacial score (nSPS) is 14.3. The van der Waals surface area contributed by atoms with Crippen molar-refractivity contribution in [1.29, 1.82) is 0 Å². The van der Waals surface area contributed by atoms with Gasteiger partial charge < -0.3 is 19.9 Å². The highest BCUT2D eigenvalue weighted by molar-refractivity contribution is 6.14. The third-order valence-electron chi connectivity index (χ3n) is 5.85. The van der Waals surface area contributed by atoms with E-state index >= 15 is 0 Å². The third-order valence-corrected chi connectivity index (χ3v) is 5.85. The van der Waals surface area contributed by atoms with Crippen molar-refractivity contribution in [2.75, 3.05) is 22.1 Å². The fourth-order valence-corrected chi connectivity index (χ4v) is 4.52. The Morgan fingerprint density at radius 2 is 2.06 bits per heavy atom. The summed E-state index contributed by atoms with van der Waals surface area (Å²) in [5.74, 6) is 0.289. The van der Waals surface area contributed by atoms with Gasteiger partial charge >= 0.3 is 6.09 Å².